The third-order valence-electron chi connectivity index (χ3n) is 6.69. The molecular formula is C29H39FN2O3. The summed E-state index contributed by atoms with van der Waals surface area (Å²) < 4.78 is 19.3. The van der Waals surface area contributed by atoms with Crippen molar-refractivity contribution < 1.29 is 18.7 Å². The summed E-state index contributed by atoms with van der Waals surface area (Å²) in [5, 5.41) is 3.16. The average molecular weight is 483 g/mol. The normalized spacial score (nSPS) is 15.3. The number of benzene rings is 2. The van der Waals surface area contributed by atoms with Gasteiger partial charge in [-0.2, -0.15) is 0 Å². The molecule has 0 unspecified atom stereocenters. The first-order chi connectivity index (χ1) is 16.7. The van der Waals surface area contributed by atoms with Crippen molar-refractivity contribution in [2.45, 2.75) is 90.3 Å². The van der Waals surface area contributed by atoms with E-state index in [1.54, 1.807) is 17.0 Å². The van der Waals surface area contributed by atoms with E-state index in [1.165, 1.54) is 24.1 Å². The molecule has 1 fully saturated rings. The summed E-state index contributed by atoms with van der Waals surface area (Å²) in [6.07, 6.45) is 5.85. The number of hydrogen-bond acceptors (Lipinski definition) is 3. The lowest BCUT2D eigenvalue weighted by molar-refractivity contribution is -0.143. The summed E-state index contributed by atoms with van der Waals surface area (Å²) in [5.74, 6) is -0.146. The first-order valence-electron chi connectivity index (χ1n) is 12.7. The second-order valence-electron chi connectivity index (χ2n) is 10.5. The number of hydrogen-bond donors (Lipinski definition) is 1. The molecule has 0 spiro atoms. The van der Waals surface area contributed by atoms with Crippen molar-refractivity contribution in [3.05, 3.63) is 65.5 Å². The summed E-state index contributed by atoms with van der Waals surface area (Å²) >= 11 is 0. The second kappa shape index (κ2) is 12.2. The van der Waals surface area contributed by atoms with Crippen molar-refractivity contribution >= 4 is 11.8 Å². The molecule has 6 heteroatoms. The third kappa shape index (κ3) is 7.81. The fourth-order valence-corrected chi connectivity index (χ4v) is 4.53. The number of halogens is 1. The molecule has 2 amide bonds. The number of nitrogens with one attached hydrogen (secondary N) is 1. The highest BCUT2D eigenvalue weighted by Crippen LogP contribution is 2.24. The minimum absolute atomic E-state index is 0.0281. The van der Waals surface area contributed by atoms with Gasteiger partial charge < -0.3 is 15.0 Å². The topological polar surface area (TPSA) is 58.6 Å². The molecular weight excluding hydrogens is 443 g/mol. The predicted octanol–water partition coefficient (Wildman–Crippen LogP) is 5.76. The van der Waals surface area contributed by atoms with Gasteiger partial charge in [-0.25, -0.2) is 4.39 Å². The van der Waals surface area contributed by atoms with Gasteiger partial charge in [-0.1, -0.05) is 71.2 Å². The zero-order chi connectivity index (χ0) is 25.4. The van der Waals surface area contributed by atoms with Crippen LogP contribution >= 0.6 is 0 Å². The number of carbonyl (C=O) groups excluding carboxylic acids is 2. The monoisotopic (exact) mass is 482 g/mol. The minimum Gasteiger partial charge on any atom is -0.484 e. The van der Waals surface area contributed by atoms with Crippen molar-refractivity contribution in [2.75, 3.05) is 6.61 Å². The number of nitrogens with zero attached hydrogens (tertiary/aromatic N) is 1. The van der Waals surface area contributed by atoms with Crippen LogP contribution in [0.5, 0.6) is 5.75 Å². The minimum atomic E-state index is -0.624. The Balaban J connectivity index is 1.73. The molecule has 1 aliphatic rings. The summed E-state index contributed by atoms with van der Waals surface area (Å²) in [5.41, 5.74) is 1.97. The number of rotatable bonds is 9. The van der Waals surface area contributed by atoms with E-state index in [0.29, 0.717) is 12.2 Å². The van der Waals surface area contributed by atoms with Crippen LogP contribution in [-0.2, 0) is 21.5 Å². The molecule has 1 N–H and O–H groups in total. The van der Waals surface area contributed by atoms with Gasteiger partial charge in [-0.3, -0.25) is 9.59 Å². The number of carbonyl (C=O) groups is 2. The van der Waals surface area contributed by atoms with Crippen LogP contribution in [0.2, 0.25) is 0 Å². The maximum atomic E-state index is 13.4. The van der Waals surface area contributed by atoms with E-state index in [0.717, 1.165) is 31.2 Å². The van der Waals surface area contributed by atoms with Crippen LogP contribution in [0.25, 0.3) is 0 Å². The molecule has 0 aromatic heterocycles. The maximum absolute atomic E-state index is 13.4. The lowest BCUT2D eigenvalue weighted by Gasteiger charge is -2.32. The van der Waals surface area contributed by atoms with Crippen LogP contribution in [0.15, 0.2) is 48.5 Å². The zero-order valence-electron chi connectivity index (χ0n) is 21.5. The largest absolute Gasteiger partial charge is 0.484 e. The highest BCUT2D eigenvalue weighted by atomic mass is 19.1. The smallest absolute Gasteiger partial charge is 0.261 e. The standard InChI is InChI=1S/C29H39FN2O3/c1-5-26(28(34)31-24-9-7-6-8-10-24)32(19-21-11-15-23(30)16-12-21)27(33)20-35-25-17-13-22(14-18-25)29(2,3)4/h11-18,24,26H,5-10,19-20H2,1-4H3,(H,31,34)/t26-/m0/s1. The molecule has 2 aromatic carbocycles. The quantitative estimate of drug-likeness (QED) is 0.494. The molecule has 2 aromatic rings. The maximum Gasteiger partial charge on any atom is 0.261 e. The van der Waals surface area contributed by atoms with Gasteiger partial charge in [-0.05, 0) is 60.1 Å². The lowest BCUT2D eigenvalue weighted by atomic mass is 9.87. The number of ether oxygens (including phenoxy) is 1. The Kier molecular flexibility index (Phi) is 9.30. The van der Waals surface area contributed by atoms with E-state index in [9.17, 15) is 14.0 Å². The molecule has 0 bridgehead atoms. The van der Waals surface area contributed by atoms with Crippen LogP contribution < -0.4 is 10.1 Å². The first-order valence-corrected chi connectivity index (χ1v) is 12.7. The van der Waals surface area contributed by atoms with Crippen molar-refractivity contribution in [2.24, 2.45) is 0 Å². The van der Waals surface area contributed by atoms with Crippen molar-refractivity contribution in [1.29, 1.82) is 0 Å². The first kappa shape index (κ1) is 26.7. The van der Waals surface area contributed by atoms with E-state index in [-0.39, 0.29) is 42.2 Å². The molecule has 3 rings (SSSR count). The Bertz CT molecular complexity index is 961. The van der Waals surface area contributed by atoms with Gasteiger partial charge in [0.05, 0.1) is 0 Å². The molecule has 35 heavy (non-hydrogen) atoms. The van der Waals surface area contributed by atoms with E-state index < -0.39 is 6.04 Å². The highest BCUT2D eigenvalue weighted by Gasteiger charge is 2.30. The molecule has 1 atom stereocenters. The zero-order valence-corrected chi connectivity index (χ0v) is 21.5. The Morgan fingerprint density at radius 1 is 1.03 bits per heavy atom. The van der Waals surface area contributed by atoms with E-state index >= 15 is 0 Å². The van der Waals surface area contributed by atoms with Crippen LogP contribution in [0.1, 0.15) is 77.3 Å². The van der Waals surface area contributed by atoms with Crippen LogP contribution in [0.4, 0.5) is 4.39 Å². The van der Waals surface area contributed by atoms with Gasteiger partial charge in [0, 0.05) is 12.6 Å². The summed E-state index contributed by atoms with van der Waals surface area (Å²) in [7, 11) is 0. The molecule has 1 saturated carbocycles. The van der Waals surface area contributed by atoms with Gasteiger partial charge in [0.25, 0.3) is 5.91 Å². The molecule has 5 nitrogen and oxygen atoms in total. The van der Waals surface area contributed by atoms with Crippen molar-refractivity contribution in [1.82, 2.24) is 10.2 Å². The molecule has 0 aliphatic heterocycles. The van der Waals surface area contributed by atoms with Crippen molar-refractivity contribution in [3.8, 4) is 5.75 Å². The van der Waals surface area contributed by atoms with Gasteiger partial charge in [-0.15, -0.1) is 0 Å². The van der Waals surface area contributed by atoms with Gasteiger partial charge in [0.15, 0.2) is 6.61 Å². The Morgan fingerprint density at radius 2 is 1.66 bits per heavy atom. The molecule has 190 valence electrons. The Hall–Kier alpha value is -2.89. The summed E-state index contributed by atoms with van der Waals surface area (Å²) in [4.78, 5) is 28.2. The van der Waals surface area contributed by atoms with Gasteiger partial charge >= 0.3 is 0 Å². The fraction of sp³-hybridized carbons (Fsp3) is 0.517. The Labute approximate surface area is 209 Å². The second-order valence-corrected chi connectivity index (χ2v) is 10.5. The predicted molar refractivity (Wildman–Crippen MR) is 137 cm³/mol. The summed E-state index contributed by atoms with van der Waals surface area (Å²) in [6, 6.07) is 13.3. The van der Waals surface area contributed by atoms with Crippen molar-refractivity contribution in [3.63, 3.8) is 0 Å². The molecule has 0 radical (unpaired) electrons. The summed E-state index contributed by atoms with van der Waals surface area (Å²) in [6.45, 7) is 8.36. The van der Waals surface area contributed by atoms with Crippen LogP contribution in [-0.4, -0.2) is 35.4 Å². The van der Waals surface area contributed by atoms with Gasteiger partial charge in [0.2, 0.25) is 5.91 Å². The number of amides is 2. The SMILES string of the molecule is CC[C@@H](C(=O)NC1CCCCC1)N(Cc1ccc(F)cc1)C(=O)COc1ccc(C(C)(C)C)cc1. The lowest BCUT2D eigenvalue weighted by Crippen LogP contribution is -2.52. The highest BCUT2D eigenvalue weighted by molar-refractivity contribution is 5.88. The van der Waals surface area contributed by atoms with E-state index in [4.69, 9.17) is 4.74 Å². The molecule has 0 saturated heterocycles. The molecule has 1 aliphatic carbocycles. The van der Waals surface area contributed by atoms with Crippen LogP contribution in [0.3, 0.4) is 0 Å². The van der Waals surface area contributed by atoms with E-state index in [1.807, 2.05) is 31.2 Å². The van der Waals surface area contributed by atoms with Crippen LogP contribution in [0, 0.1) is 5.82 Å². The fourth-order valence-electron chi connectivity index (χ4n) is 4.53. The third-order valence-corrected chi connectivity index (χ3v) is 6.69. The average Bonchev–Trinajstić information content (AvgIpc) is 2.84. The van der Waals surface area contributed by atoms with Gasteiger partial charge in [0.1, 0.15) is 17.6 Å². The van der Waals surface area contributed by atoms with E-state index in [2.05, 4.69) is 26.1 Å². The Morgan fingerprint density at radius 3 is 2.23 bits per heavy atom. The molecule has 0 heterocycles.